The largest absolute Gasteiger partial charge is 0.493 e. The van der Waals surface area contributed by atoms with Crippen LogP contribution >= 0.6 is 0 Å². The molecule has 1 N–H and O–H groups in total. The Morgan fingerprint density at radius 2 is 1.90 bits per heavy atom. The molecule has 1 saturated heterocycles. The fraction of sp³-hybridized carbons (Fsp3) is 0.400. The summed E-state index contributed by atoms with van der Waals surface area (Å²) in [5, 5.41) is 7.38. The fourth-order valence-corrected chi connectivity index (χ4v) is 3.64. The van der Waals surface area contributed by atoms with Gasteiger partial charge in [0.25, 0.3) is 0 Å². The number of methoxy groups -OCH3 is 1. The molecule has 5 rings (SSSR count). The van der Waals surface area contributed by atoms with Crippen molar-refractivity contribution in [3.8, 4) is 5.75 Å². The topological polar surface area (TPSA) is 87.9 Å². The normalized spacial score (nSPS) is 16.9. The third kappa shape index (κ3) is 3.43. The molecule has 1 saturated carbocycles. The van der Waals surface area contributed by atoms with E-state index < -0.39 is 0 Å². The van der Waals surface area contributed by atoms with Crippen LogP contribution in [0.2, 0.25) is 0 Å². The molecular formula is C20H23N7O2. The van der Waals surface area contributed by atoms with Crippen molar-refractivity contribution in [2.75, 3.05) is 48.4 Å². The van der Waals surface area contributed by atoms with Crippen molar-refractivity contribution in [3.05, 3.63) is 36.5 Å². The summed E-state index contributed by atoms with van der Waals surface area (Å²) in [7, 11) is 1.61. The summed E-state index contributed by atoms with van der Waals surface area (Å²) in [5.41, 5.74) is 0.600. The number of carbonyl (C=O) groups excluding carboxylic acids is 1. The second-order valence-electron chi connectivity index (χ2n) is 7.36. The lowest BCUT2D eigenvalue weighted by molar-refractivity contribution is -0.117. The van der Waals surface area contributed by atoms with Crippen LogP contribution in [0.15, 0.2) is 36.5 Å². The average molecular weight is 393 g/mol. The van der Waals surface area contributed by atoms with Gasteiger partial charge in [-0.15, -0.1) is 5.10 Å². The number of rotatable bonds is 5. The molecule has 150 valence electrons. The van der Waals surface area contributed by atoms with Crippen molar-refractivity contribution in [3.63, 3.8) is 0 Å². The molecule has 2 aliphatic rings. The summed E-state index contributed by atoms with van der Waals surface area (Å²) in [6.45, 7) is 3.40. The molecule has 3 aromatic heterocycles. The highest BCUT2D eigenvalue weighted by atomic mass is 16.5. The molecule has 0 spiro atoms. The molecule has 1 amide bonds. The van der Waals surface area contributed by atoms with E-state index in [2.05, 4.69) is 30.2 Å². The molecular weight excluding hydrogens is 370 g/mol. The Hall–Kier alpha value is -3.36. The van der Waals surface area contributed by atoms with Crippen LogP contribution in [-0.2, 0) is 4.79 Å². The van der Waals surface area contributed by atoms with Gasteiger partial charge in [-0.25, -0.2) is 4.98 Å². The summed E-state index contributed by atoms with van der Waals surface area (Å²) < 4.78 is 7.21. The van der Waals surface area contributed by atoms with Gasteiger partial charge in [0.15, 0.2) is 5.75 Å². The highest BCUT2D eigenvalue weighted by Gasteiger charge is 2.30. The van der Waals surface area contributed by atoms with Gasteiger partial charge in [-0.2, -0.15) is 9.50 Å². The van der Waals surface area contributed by atoms with E-state index in [4.69, 9.17) is 4.74 Å². The number of ether oxygens (including phenoxy) is 1. The third-order valence-electron chi connectivity index (χ3n) is 5.41. The van der Waals surface area contributed by atoms with Crippen LogP contribution in [0.3, 0.4) is 0 Å². The van der Waals surface area contributed by atoms with E-state index in [0.29, 0.717) is 17.3 Å². The Labute approximate surface area is 168 Å². The van der Waals surface area contributed by atoms with E-state index in [-0.39, 0.29) is 11.8 Å². The summed E-state index contributed by atoms with van der Waals surface area (Å²) in [5.74, 6) is 2.96. The first-order valence-corrected chi connectivity index (χ1v) is 9.88. The number of anilines is 3. The summed E-state index contributed by atoms with van der Waals surface area (Å²) in [4.78, 5) is 25.6. The molecule has 4 heterocycles. The maximum Gasteiger partial charge on any atom is 0.249 e. The SMILES string of the molecule is COc1ccc(N2CCN(c3ccccn3)CC2)n2nc(NC(=O)C3CC3)nc12. The van der Waals surface area contributed by atoms with Gasteiger partial charge in [0.2, 0.25) is 17.5 Å². The van der Waals surface area contributed by atoms with Crippen LogP contribution in [-0.4, -0.2) is 58.8 Å². The number of piperazine rings is 1. The second kappa shape index (κ2) is 7.23. The zero-order valence-electron chi connectivity index (χ0n) is 16.3. The minimum absolute atomic E-state index is 0.00889. The van der Waals surface area contributed by atoms with Crippen LogP contribution in [0.1, 0.15) is 12.8 Å². The molecule has 29 heavy (non-hydrogen) atoms. The Balaban J connectivity index is 1.39. The van der Waals surface area contributed by atoms with E-state index in [1.54, 1.807) is 11.6 Å². The van der Waals surface area contributed by atoms with Crippen LogP contribution < -0.4 is 19.9 Å². The lowest BCUT2D eigenvalue weighted by atomic mass is 10.3. The first-order chi connectivity index (χ1) is 14.2. The molecule has 3 aromatic rings. The standard InChI is InChI=1S/C20H23N7O2/c1-29-15-7-8-17(26-12-10-25(11-13-26)16-4-2-3-9-21-16)27-18(15)22-20(24-27)23-19(28)14-5-6-14/h2-4,7-9,14H,5-6,10-13H2,1H3,(H,23,24,28). The van der Waals surface area contributed by atoms with E-state index >= 15 is 0 Å². The predicted molar refractivity (Wildman–Crippen MR) is 110 cm³/mol. The van der Waals surface area contributed by atoms with Gasteiger partial charge in [0.1, 0.15) is 11.6 Å². The maximum absolute atomic E-state index is 12.1. The van der Waals surface area contributed by atoms with Crippen molar-refractivity contribution in [1.29, 1.82) is 0 Å². The molecule has 2 fully saturated rings. The second-order valence-corrected chi connectivity index (χ2v) is 7.36. The van der Waals surface area contributed by atoms with Crippen molar-refractivity contribution in [2.45, 2.75) is 12.8 Å². The molecule has 0 radical (unpaired) electrons. The lowest BCUT2D eigenvalue weighted by Crippen LogP contribution is -2.47. The Kier molecular flexibility index (Phi) is 4.42. The van der Waals surface area contributed by atoms with Gasteiger partial charge in [-0.05, 0) is 37.1 Å². The maximum atomic E-state index is 12.1. The first kappa shape index (κ1) is 17.7. The third-order valence-corrected chi connectivity index (χ3v) is 5.41. The van der Waals surface area contributed by atoms with Gasteiger partial charge < -0.3 is 14.5 Å². The Bertz CT molecular complexity index is 1020. The molecule has 1 aliphatic heterocycles. The molecule has 0 bridgehead atoms. The minimum atomic E-state index is -0.00889. The quantitative estimate of drug-likeness (QED) is 0.707. The average Bonchev–Trinajstić information content (AvgIpc) is 3.54. The van der Waals surface area contributed by atoms with Crippen molar-refractivity contribution in [1.82, 2.24) is 19.6 Å². The lowest BCUT2D eigenvalue weighted by Gasteiger charge is -2.36. The summed E-state index contributed by atoms with van der Waals surface area (Å²) in [6, 6.07) is 9.86. The monoisotopic (exact) mass is 393 g/mol. The number of hydrogen-bond donors (Lipinski definition) is 1. The molecule has 1 aliphatic carbocycles. The van der Waals surface area contributed by atoms with Gasteiger partial charge in [-0.1, -0.05) is 6.07 Å². The van der Waals surface area contributed by atoms with E-state index in [1.165, 1.54) is 0 Å². The van der Waals surface area contributed by atoms with Gasteiger partial charge in [0, 0.05) is 38.3 Å². The zero-order valence-corrected chi connectivity index (χ0v) is 16.3. The first-order valence-electron chi connectivity index (χ1n) is 9.88. The fourth-order valence-electron chi connectivity index (χ4n) is 3.64. The van der Waals surface area contributed by atoms with E-state index in [0.717, 1.165) is 50.7 Å². The summed E-state index contributed by atoms with van der Waals surface area (Å²) in [6.07, 6.45) is 3.70. The van der Waals surface area contributed by atoms with Crippen molar-refractivity contribution < 1.29 is 9.53 Å². The molecule has 0 atom stereocenters. The molecule has 0 aromatic carbocycles. The zero-order chi connectivity index (χ0) is 19.8. The number of nitrogens with one attached hydrogen (secondary N) is 1. The number of pyridine rings is 2. The minimum Gasteiger partial charge on any atom is -0.493 e. The van der Waals surface area contributed by atoms with Crippen molar-refractivity contribution in [2.24, 2.45) is 5.92 Å². The van der Waals surface area contributed by atoms with E-state index in [1.807, 2.05) is 36.5 Å². The number of amides is 1. The highest BCUT2D eigenvalue weighted by molar-refractivity contribution is 5.92. The number of hydrogen-bond acceptors (Lipinski definition) is 7. The number of carbonyl (C=O) groups is 1. The smallest absolute Gasteiger partial charge is 0.249 e. The number of nitrogens with zero attached hydrogens (tertiary/aromatic N) is 6. The van der Waals surface area contributed by atoms with Crippen LogP contribution in [0.25, 0.3) is 5.65 Å². The number of aromatic nitrogens is 4. The van der Waals surface area contributed by atoms with Gasteiger partial charge >= 0.3 is 0 Å². The highest BCUT2D eigenvalue weighted by Crippen LogP contribution is 2.31. The molecule has 0 unspecified atom stereocenters. The van der Waals surface area contributed by atoms with Crippen LogP contribution in [0, 0.1) is 5.92 Å². The van der Waals surface area contributed by atoms with Gasteiger partial charge in [-0.3, -0.25) is 10.1 Å². The molecule has 9 heteroatoms. The van der Waals surface area contributed by atoms with Crippen molar-refractivity contribution >= 4 is 29.1 Å². The Morgan fingerprint density at radius 1 is 1.10 bits per heavy atom. The summed E-state index contributed by atoms with van der Waals surface area (Å²) >= 11 is 0. The predicted octanol–water partition coefficient (Wildman–Crippen LogP) is 1.81. The molecule has 9 nitrogen and oxygen atoms in total. The Morgan fingerprint density at radius 3 is 2.59 bits per heavy atom. The van der Waals surface area contributed by atoms with E-state index in [9.17, 15) is 4.79 Å². The number of fused-ring (bicyclic) bond motifs is 1. The van der Waals surface area contributed by atoms with Crippen LogP contribution in [0.5, 0.6) is 5.75 Å². The van der Waals surface area contributed by atoms with Crippen LogP contribution in [0.4, 0.5) is 17.6 Å². The van der Waals surface area contributed by atoms with Gasteiger partial charge in [0.05, 0.1) is 7.11 Å².